The van der Waals surface area contributed by atoms with Gasteiger partial charge in [0.05, 0.1) is 12.1 Å². The quantitative estimate of drug-likeness (QED) is 0.718. The molecule has 7 heteroatoms. The van der Waals surface area contributed by atoms with E-state index in [-0.39, 0.29) is 42.3 Å². The van der Waals surface area contributed by atoms with Crippen molar-refractivity contribution in [2.45, 2.75) is 50.9 Å². The average Bonchev–Trinajstić information content (AvgIpc) is 3.32. The van der Waals surface area contributed by atoms with E-state index in [2.05, 4.69) is 10.6 Å². The van der Waals surface area contributed by atoms with Gasteiger partial charge in [-0.05, 0) is 50.3 Å². The van der Waals surface area contributed by atoms with E-state index in [1.807, 2.05) is 31.2 Å². The molecule has 1 unspecified atom stereocenters. The first-order valence-electron chi connectivity index (χ1n) is 8.63. The lowest BCUT2D eigenvalue weighted by molar-refractivity contribution is -0.132. The number of hydrogen-bond acceptors (Lipinski definition) is 4. The van der Waals surface area contributed by atoms with Crippen molar-refractivity contribution in [3.63, 3.8) is 0 Å². The summed E-state index contributed by atoms with van der Waals surface area (Å²) in [6, 6.07) is 7.46. The van der Waals surface area contributed by atoms with Gasteiger partial charge in [-0.25, -0.2) is 0 Å². The van der Waals surface area contributed by atoms with Crippen LogP contribution < -0.4 is 16.4 Å². The lowest BCUT2D eigenvalue weighted by Gasteiger charge is -2.18. The molecule has 2 fully saturated rings. The minimum atomic E-state index is -0.405. The molecule has 4 N–H and O–H groups in total. The predicted molar refractivity (Wildman–Crippen MR) is 98.6 cm³/mol. The zero-order valence-corrected chi connectivity index (χ0v) is 15.2. The van der Waals surface area contributed by atoms with Crippen molar-refractivity contribution in [1.29, 1.82) is 0 Å². The predicted octanol–water partition coefficient (Wildman–Crippen LogP) is 2.14. The molecule has 3 atom stereocenters. The van der Waals surface area contributed by atoms with Crippen molar-refractivity contribution in [3.8, 4) is 0 Å². The van der Waals surface area contributed by atoms with Gasteiger partial charge in [0.2, 0.25) is 11.8 Å². The number of amides is 2. The number of carbonyl (C=O) groups excluding carboxylic acids is 2. The normalized spacial score (nSPS) is 23.4. The Kier molecular flexibility index (Phi) is 6.81. The van der Waals surface area contributed by atoms with Gasteiger partial charge >= 0.3 is 0 Å². The van der Waals surface area contributed by atoms with Gasteiger partial charge in [0.15, 0.2) is 0 Å². The third kappa shape index (κ3) is 5.17. The highest BCUT2D eigenvalue weighted by Gasteiger charge is 2.31. The van der Waals surface area contributed by atoms with Gasteiger partial charge in [0.25, 0.3) is 0 Å². The summed E-state index contributed by atoms with van der Waals surface area (Å²) in [5.41, 5.74) is 7.35. The van der Waals surface area contributed by atoms with Crippen molar-refractivity contribution in [2.75, 3.05) is 11.9 Å². The van der Waals surface area contributed by atoms with Crippen LogP contribution in [0.4, 0.5) is 5.69 Å². The minimum absolute atomic E-state index is 0. The maximum atomic E-state index is 12.3. The first-order valence-corrected chi connectivity index (χ1v) is 8.63. The van der Waals surface area contributed by atoms with Gasteiger partial charge < -0.3 is 21.1 Å². The van der Waals surface area contributed by atoms with Crippen molar-refractivity contribution in [3.05, 3.63) is 29.8 Å². The summed E-state index contributed by atoms with van der Waals surface area (Å²) in [5.74, 6) is 0.188. The Morgan fingerprint density at radius 2 is 1.84 bits per heavy atom. The minimum Gasteiger partial charge on any atom is -0.364 e. The molecular formula is C18H26ClN3O3. The highest BCUT2D eigenvalue weighted by Crippen LogP contribution is 2.30. The zero-order chi connectivity index (χ0) is 17.1. The van der Waals surface area contributed by atoms with Crippen LogP contribution in [0.1, 0.15) is 44.2 Å². The fourth-order valence-electron chi connectivity index (χ4n) is 2.91. The molecule has 1 saturated heterocycles. The molecule has 1 saturated carbocycles. The Morgan fingerprint density at radius 1 is 1.16 bits per heavy atom. The fourth-order valence-corrected chi connectivity index (χ4v) is 2.91. The van der Waals surface area contributed by atoms with E-state index in [9.17, 15) is 9.59 Å². The molecule has 3 rings (SSSR count). The monoisotopic (exact) mass is 367 g/mol. The number of benzene rings is 1. The number of halogens is 1. The molecule has 1 aromatic carbocycles. The number of rotatable bonds is 6. The third-order valence-electron chi connectivity index (χ3n) is 4.65. The molecule has 0 radical (unpaired) electrons. The lowest BCUT2D eigenvalue weighted by atomic mass is 10.1. The van der Waals surface area contributed by atoms with Crippen LogP contribution in [-0.2, 0) is 14.3 Å². The van der Waals surface area contributed by atoms with Gasteiger partial charge in [-0.2, -0.15) is 0 Å². The summed E-state index contributed by atoms with van der Waals surface area (Å²) in [6.07, 6.45) is 3.11. The first kappa shape index (κ1) is 19.7. The summed E-state index contributed by atoms with van der Waals surface area (Å²) in [7, 11) is 0. The number of nitrogens with two attached hydrogens (primary N) is 1. The Balaban J connectivity index is 0.00000225. The third-order valence-corrected chi connectivity index (χ3v) is 4.65. The molecule has 1 heterocycles. The van der Waals surface area contributed by atoms with Crippen molar-refractivity contribution < 1.29 is 14.3 Å². The van der Waals surface area contributed by atoms with Crippen molar-refractivity contribution in [1.82, 2.24) is 5.32 Å². The number of carbonyl (C=O) groups is 2. The molecule has 1 aliphatic heterocycles. The molecule has 2 aliphatic rings. The average molecular weight is 368 g/mol. The summed E-state index contributed by atoms with van der Waals surface area (Å²) in [6.45, 7) is 2.39. The van der Waals surface area contributed by atoms with E-state index >= 15 is 0 Å². The lowest BCUT2D eigenvalue weighted by Crippen LogP contribution is -2.37. The summed E-state index contributed by atoms with van der Waals surface area (Å²) in [4.78, 5) is 24.0. The molecule has 0 spiro atoms. The maximum absolute atomic E-state index is 12.3. The molecule has 2 amide bonds. The summed E-state index contributed by atoms with van der Waals surface area (Å²) >= 11 is 0. The molecule has 0 aromatic heterocycles. The summed E-state index contributed by atoms with van der Waals surface area (Å²) < 4.78 is 5.62. The van der Waals surface area contributed by atoms with Crippen LogP contribution in [0.3, 0.4) is 0 Å². The Morgan fingerprint density at radius 3 is 2.40 bits per heavy atom. The molecule has 1 aromatic rings. The molecule has 6 nitrogen and oxygen atoms in total. The number of nitrogens with one attached hydrogen (secondary N) is 2. The Bertz CT molecular complexity index is 604. The van der Waals surface area contributed by atoms with Crippen LogP contribution >= 0.6 is 12.4 Å². The molecule has 25 heavy (non-hydrogen) atoms. The van der Waals surface area contributed by atoms with Gasteiger partial charge in [0.1, 0.15) is 6.10 Å². The van der Waals surface area contributed by atoms with Crippen LogP contribution in [0, 0.1) is 5.92 Å². The van der Waals surface area contributed by atoms with Crippen LogP contribution in [0.2, 0.25) is 0 Å². The molecule has 1 aliphatic carbocycles. The Labute approximate surface area is 154 Å². The standard InChI is InChI=1S/C18H25N3O3.ClH/c1-11(20-18(23)16-9-8-15(10-19)24-16)12-4-6-14(7-5-12)21-17(22)13-2-3-13;/h4-7,11,13,15-16H,2-3,8-10,19H2,1H3,(H,20,23)(H,21,22);1H/t11?,15-,16+;/m1./s1. The van der Waals surface area contributed by atoms with E-state index in [0.29, 0.717) is 13.0 Å². The topological polar surface area (TPSA) is 93.5 Å². The van der Waals surface area contributed by atoms with E-state index in [1.165, 1.54) is 0 Å². The van der Waals surface area contributed by atoms with E-state index in [4.69, 9.17) is 10.5 Å². The number of anilines is 1. The SMILES string of the molecule is CC(NC(=O)[C@@H]1CC[C@H](CN)O1)c1ccc(NC(=O)C2CC2)cc1.Cl. The Hall–Kier alpha value is -1.63. The second kappa shape index (κ2) is 8.65. The fraction of sp³-hybridized carbons (Fsp3) is 0.556. The van der Waals surface area contributed by atoms with Gasteiger partial charge in [-0.1, -0.05) is 12.1 Å². The summed E-state index contributed by atoms with van der Waals surface area (Å²) in [5, 5.41) is 5.89. The second-order valence-electron chi connectivity index (χ2n) is 6.68. The maximum Gasteiger partial charge on any atom is 0.249 e. The highest BCUT2D eigenvalue weighted by molar-refractivity contribution is 5.94. The van der Waals surface area contributed by atoms with Crippen LogP contribution in [0.25, 0.3) is 0 Å². The van der Waals surface area contributed by atoms with E-state index in [0.717, 1.165) is 30.5 Å². The van der Waals surface area contributed by atoms with Gasteiger partial charge in [0, 0.05) is 18.2 Å². The van der Waals surface area contributed by atoms with E-state index in [1.54, 1.807) is 0 Å². The van der Waals surface area contributed by atoms with Crippen LogP contribution in [0.15, 0.2) is 24.3 Å². The molecular weight excluding hydrogens is 342 g/mol. The number of ether oxygens (including phenoxy) is 1. The zero-order valence-electron chi connectivity index (χ0n) is 14.4. The number of hydrogen-bond donors (Lipinski definition) is 3. The van der Waals surface area contributed by atoms with Crippen LogP contribution in [-0.4, -0.2) is 30.6 Å². The second-order valence-corrected chi connectivity index (χ2v) is 6.68. The largest absolute Gasteiger partial charge is 0.364 e. The molecule has 138 valence electrons. The molecule has 0 bridgehead atoms. The van der Waals surface area contributed by atoms with Crippen molar-refractivity contribution in [2.24, 2.45) is 11.7 Å². The van der Waals surface area contributed by atoms with Crippen molar-refractivity contribution >= 4 is 29.9 Å². The van der Waals surface area contributed by atoms with Crippen LogP contribution in [0.5, 0.6) is 0 Å². The van der Waals surface area contributed by atoms with Gasteiger partial charge in [-0.15, -0.1) is 12.4 Å². The smallest absolute Gasteiger partial charge is 0.249 e. The highest BCUT2D eigenvalue weighted by atomic mass is 35.5. The first-order chi connectivity index (χ1) is 11.6. The van der Waals surface area contributed by atoms with Gasteiger partial charge in [-0.3, -0.25) is 9.59 Å². The van der Waals surface area contributed by atoms with E-state index < -0.39 is 6.10 Å².